The first kappa shape index (κ1) is 22.6. The van der Waals surface area contributed by atoms with Crippen molar-refractivity contribution in [1.29, 1.82) is 0 Å². The number of benzene rings is 2. The second kappa shape index (κ2) is 8.25. The van der Waals surface area contributed by atoms with Crippen molar-refractivity contribution in [3.05, 3.63) is 69.7 Å². The van der Waals surface area contributed by atoms with Gasteiger partial charge in [0.1, 0.15) is 0 Å². The Morgan fingerprint density at radius 2 is 0.938 bits per heavy atom. The van der Waals surface area contributed by atoms with Gasteiger partial charge in [-0.2, -0.15) is 0 Å². The highest BCUT2D eigenvalue weighted by Gasteiger charge is 2.57. The summed E-state index contributed by atoms with van der Waals surface area (Å²) in [7, 11) is -6.52. The quantitative estimate of drug-likeness (QED) is 0.624. The minimum atomic E-state index is -3.26. The van der Waals surface area contributed by atoms with Crippen molar-refractivity contribution in [1.82, 2.24) is 9.80 Å². The zero-order chi connectivity index (χ0) is 22.7. The van der Waals surface area contributed by atoms with E-state index >= 15 is 0 Å². The zero-order valence-corrected chi connectivity index (χ0v) is 20.4. The van der Waals surface area contributed by atoms with Crippen molar-refractivity contribution < 1.29 is 16.8 Å². The molecule has 0 radical (unpaired) electrons. The Kier molecular flexibility index (Phi) is 5.83. The molecule has 3 aliphatic rings. The monoisotopic (exact) mass is 514 g/mol. The smallest absolute Gasteiger partial charge is 0.153 e. The Morgan fingerprint density at radius 3 is 1.25 bits per heavy atom. The highest BCUT2D eigenvalue weighted by molar-refractivity contribution is 7.92. The van der Waals surface area contributed by atoms with E-state index in [2.05, 4.69) is 9.80 Å². The molecule has 172 valence electrons. The van der Waals surface area contributed by atoms with E-state index in [1.807, 2.05) is 36.4 Å². The van der Waals surface area contributed by atoms with Crippen LogP contribution in [0.5, 0.6) is 0 Å². The van der Waals surface area contributed by atoms with Gasteiger partial charge < -0.3 is 0 Å². The molecule has 3 saturated heterocycles. The first-order valence-electron chi connectivity index (χ1n) is 10.5. The predicted molar refractivity (Wildman–Crippen MR) is 126 cm³/mol. The fraction of sp³-hybridized carbons (Fsp3) is 0.455. The van der Waals surface area contributed by atoms with Crippen molar-refractivity contribution in [2.75, 3.05) is 23.0 Å². The van der Waals surface area contributed by atoms with Crippen molar-refractivity contribution in [3.8, 4) is 0 Å². The molecule has 0 aliphatic carbocycles. The number of halogens is 2. The molecule has 4 atom stereocenters. The van der Waals surface area contributed by atoms with Crippen LogP contribution in [0.25, 0.3) is 0 Å². The van der Waals surface area contributed by atoms with Crippen LogP contribution in [0, 0.1) is 0 Å². The van der Waals surface area contributed by atoms with E-state index in [1.165, 1.54) is 0 Å². The largest absolute Gasteiger partial charge is 0.288 e. The van der Waals surface area contributed by atoms with Crippen LogP contribution in [-0.4, -0.2) is 73.8 Å². The van der Waals surface area contributed by atoms with E-state index < -0.39 is 19.7 Å². The van der Waals surface area contributed by atoms with Gasteiger partial charge in [-0.1, -0.05) is 59.6 Å². The number of rotatable bonds is 4. The fourth-order valence-electron chi connectivity index (χ4n) is 5.50. The number of hydrogen-bond donors (Lipinski definition) is 0. The normalized spacial score (nSPS) is 31.3. The molecule has 0 amide bonds. The molecule has 2 aromatic rings. The van der Waals surface area contributed by atoms with Crippen LogP contribution in [-0.2, 0) is 32.8 Å². The Hall–Kier alpha value is -1.16. The third kappa shape index (κ3) is 4.21. The molecule has 0 N–H and O–H groups in total. The van der Waals surface area contributed by atoms with E-state index in [-0.39, 0.29) is 47.2 Å². The van der Waals surface area contributed by atoms with Gasteiger partial charge >= 0.3 is 0 Å². The maximum absolute atomic E-state index is 12.8. The Balaban J connectivity index is 1.56. The first-order valence-corrected chi connectivity index (χ1v) is 14.9. The average molecular weight is 515 g/mol. The average Bonchev–Trinajstić information content (AvgIpc) is 3.22. The van der Waals surface area contributed by atoms with Gasteiger partial charge in [-0.05, 0) is 23.3 Å². The Labute approximate surface area is 198 Å². The summed E-state index contributed by atoms with van der Waals surface area (Å²) in [4.78, 5) is 4.18. The zero-order valence-electron chi connectivity index (χ0n) is 17.3. The lowest BCUT2D eigenvalue weighted by molar-refractivity contribution is -0.0341. The number of nitrogens with zero attached hydrogens (tertiary/aromatic N) is 2. The number of piperazine rings is 1. The number of fused-ring (bicyclic) bond motifs is 2. The minimum absolute atomic E-state index is 0.0183. The molecule has 0 bridgehead atoms. The van der Waals surface area contributed by atoms with Crippen molar-refractivity contribution in [3.63, 3.8) is 0 Å². The third-order valence-electron chi connectivity index (χ3n) is 6.91. The first-order chi connectivity index (χ1) is 15.1. The summed E-state index contributed by atoms with van der Waals surface area (Å²) >= 11 is 12.8. The summed E-state index contributed by atoms with van der Waals surface area (Å²) in [6.07, 6.45) is 0. The molecule has 5 rings (SSSR count). The van der Waals surface area contributed by atoms with Gasteiger partial charge in [-0.15, -0.1) is 0 Å². The van der Waals surface area contributed by atoms with Gasteiger partial charge in [0.2, 0.25) is 0 Å². The predicted octanol–water partition coefficient (Wildman–Crippen LogP) is 2.64. The molecule has 0 unspecified atom stereocenters. The Morgan fingerprint density at radius 1 is 0.625 bits per heavy atom. The van der Waals surface area contributed by atoms with Crippen LogP contribution in [0.4, 0.5) is 0 Å². The molecule has 3 fully saturated rings. The standard InChI is InChI=1S/C22H24Cl2N2O4S2/c23-17-7-3-1-5-15(17)9-25-19-11-31(27,28)13-21(19)26(10-16-6-2-4-8-18(16)24)22-14-32(29,30)12-20(22)25/h1-8,19-22H,9-14H2/t19-,20-,21+,22+. The van der Waals surface area contributed by atoms with Crippen molar-refractivity contribution in [2.24, 2.45) is 0 Å². The van der Waals surface area contributed by atoms with Crippen LogP contribution in [0.1, 0.15) is 11.1 Å². The maximum atomic E-state index is 12.8. The summed E-state index contributed by atoms with van der Waals surface area (Å²) < 4.78 is 51.0. The van der Waals surface area contributed by atoms with Gasteiger partial charge in [0.15, 0.2) is 19.7 Å². The lowest BCUT2D eigenvalue weighted by Crippen LogP contribution is -2.67. The van der Waals surface area contributed by atoms with E-state index in [9.17, 15) is 16.8 Å². The molecule has 3 heterocycles. The van der Waals surface area contributed by atoms with Gasteiger partial charge in [-0.3, -0.25) is 9.80 Å². The van der Waals surface area contributed by atoms with Crippen molar-refractivity contribution in [2.45, 2.75) is 37.3 Å². The summed E-state index contributed by atoms with van der Waals surface area (Å²) in [5, 5.41) is 1.20. The molecular weight excluding hydrogens is 491 g/mol. The molecular formula is C22H24Cl2N2O4S2. The lowest BCUT2D eigenvalue weighted by Gasteiger charge is -2.51. The summed E-state index contributed by atoms with van der Waals surface area (Å²) in [5.74, 6) is 0.0731. The highest BCUT2D eigenvalue weighted by atomic mass is 35.5. The second-order valence-electron chi connectivity index (χ2n) is 8.95. The second-order valence-corrected chi connectivity index (χ2v) is 14.1. The molecule has 2 aromatic carbocycles. The van der Waals surface area contributed by atoms with Crippen LogP contribution >= 0.6 is 23.2 Å². The SMILES string of the molecule is O=S1(=O)C[C@@H]2[C@H](C1)N(Cc1ccccc1Cl)[C@H]1CS(=O)(=O)C[C@H]1N2Cc1ccccc1Cl. The minimum Gasteiger partial charge on any atom is -0.288 e. The van der Waals surface area contributed by atoms with E-state index in [1.54, 1.807) is 12.1 Å². The number of sulfone groups is 2. The molecule has 32 heavy (non-hydrogen) atoms. The summed E-state index contributed by atoms with van der Waals surface area (Å²) in [6.45, 7) is 0.847. The van der Waals surface area contributed by atoms with Crippen molar-refractivity contribution >= 4 is 42.9 Å². The van der Waals surface area contributed by atoms with Gasteiger partial charge in [0.05, 0.1) is 23.0 Å². The maximum Gasteiger partial charge on any atom is 0.153 e. The number of hydrogen-bond acceptors (Lipinski definition) is 6. The topological polar surface area (TPSA) is 74.8 Å². The van der Waals surface area contributed by atoms with Gasteiger partial charge in [-0.25, -0.2) is 16.8 Å². The van der Waals surface area contributed by atoms with Crippen LogP contribution in [0.2, 0.25) is 10.0 Å². The molecule has 6 nitrogen and oxygen atoms in total. The highest BCUT2D eigenvalue weighted by Crippen LogP contribution is 2.40. The van der Waals surface area contributed by atoms with Crippen LogP contribution in [0.15, 0.2) is 48.5 Å². The third-order valence-corrected chi connectivity index (χ3v) is 11.0. The van der Waals surface area contributed by atoms with Gasteiger partial charge in [0, 0.05) is 47.3 Å². The summed E-state index contributed by atoms with van der Waals surface area (Å²) in [6, 6.07) is 13.7. The molecule has 3 aliphatic heterocycles. The lowest BCUT2D eigenvalue weighted by atomic mass is 9.93. The molecule has 0 saturated carbocycles. The van der Waals surface area contributed by atoms with E-state index in [4.69, 9.17) is 23.2 Å². The molecule has 0 spiro atoms. The Bertz CT molecular complexity index is 1120. The molecule has 0 aromatic heterocycles. The molecule has 10 heteroatoms. The van der Waals surface area contributed by atoms with Crippen LogP contribution in [0.3, 0.4) is 0 Å². The fourth-order valence-corrected chi connectivity index (χ4v) is 9.89. The van der Waals surface area contributed by atoms with E-state index in [0.29, 0.717) is 23.1 Å². The van der Waals surface area contributed by atoms with Crippen LogP contribution < -0.4 is 0 Å². The van der Waals surface area contributed by atoms with E-state index in [0.717, 1.165) is 11.1 Å². The summed E-state index contributed by atoms with van der Waals surface area (Å²) in [5.41, 5.74) is 1.75. The van der Waals surface area contributed by atoms with Gasteiger partial charge in [0.25, 0.3) is 0 Å².